The molecule has 138 valence electrons. The first-order valence-electron chi connectivity index (χ1n) is 8.78. The van der Waals surface area contributed by atoms with Gasteiger partial charge in [0.05, 0.1) is 17.1 Å². The van der Waals surface area contributed by atoms with E-state index in [0.29, 0.717) is 4.91 Å². The molecule has 0 unspecified atom stereocenters. The fraction of sp³-hybridized carbons (Fsp3) is 0.136. The minimum Gasteiger partial charge on any atom is -0.870 e. The maximum Gasteiger partial charge on any atom is 0.208 e. The van der Waals surface area contributed by atoms with Gasteiger partial charge in [-0.2, -0.15) is 0 Å². The van der Waals surface area contributed by atoms with E-state index in [-0.39, 0.29) is 22.8 Å². The van der Waals surface area contributed by atoms with Gasteiger partial charge >= 0.3 is 0 Å². The topological polar surface area (TPSA) is 60.0 Å². The number of carbonyl (C=O) groups is 1. The van der Waals surface area contributed by atoms with Crippen LogP contribution in [-0.2, 0) is 4.79 Å². The molecule has 0 aliphatic heterocycles. The van der Waals surface area contributed by atoms with Gasteiger partial charge in [-0.15, -0.1) is 0 Å². The van der Waals surface area contributed by atoms with Crippen molar-refractivity contribution in [2.45, 2.75) is 11.8 Å². The smallest absolute Gasteiger partial charge is 0.208 e. The molecule has 0 aromatic heterocycles. The van der Waals surface area contributed by atoms with E-state index in [2.05, 4.69) is 18.8 Å². The number of para-hydroxylation sites is 2. The first-order valence-corrected chi connectivity index (χ1v) is 9.60. The molecule has 0 saturated heterocycles. The van der Waals surface area contributed by atoms with Crippen molar-refractivity contribution in [3.05, 3.63) is 89.2 Å². The second-order valence-electron chi connectivity index (χ2n) is 6.18. The van der Waals surface area contributed by atoms with E-state index in [1.54, 1.807) is 18.0 Å². The Kier molecular flexibility index (Phi) is 5.84. The molecule has 2 aromatic rings. The molecule has 0 spiro atoms. The van der Waals surface area contributed by atoms with E-state index in [0.717, 1.165) is 22.8 Å². The third-order valence-electron chi connectivity index (χ3n) is 4.29. The Morgan fingerprint density at radius 1 is 1.19 bits per heavy atom. The van der Waals surface area contributed by atoms with Gasteiger partial charge in [-0.3, -0.25) is 4.79 Å². The molecule has 0 bridgehead atoms. The van der Waals surface area contributed by atoms with Crippen molar-refractivity contribution in [1.82, 2.24) is 0 Å². The van der Waals surface area contributed by atoms with Crippen molar-refractivity contribution in [2.24, 2.45) is 0 Å². The molecule has 5 heteroatoms. The lowest BCUT2D eigenvalue weighted by Crippen LogP contribution is -2.77. The molecular weight excluding hydrogens is 356 g/mol. The van der Waals surface area contributed by atoms with Gasteiger partial charge in [0.2, 0.25) is 5.78 Å². The normalized spacial score (nSPS) is 15.0. The summed E-state index contributed by atoms with van der Waals surface area (Å²) in [5.74, 6) is -0.469. The van der Waals surface area contributed by atoms with Crippen LogP contribution in [0.15, 0.2) is 94.1 Å². The van der Waals surface area contributed by atoms with Gasteiger partial charge in [0, 0.05) is 29.3 Å². The number of allylic oxidation sites excluding steroid dienone is 3. The summed E-state index contributed by atoms with van der Waals surface area (Å²) >= 11 is 1.47. The predicted octanol–water partition coefficient (Wildman–Crippen LogP) is 2.72. The van der Waals surface area contributed by atoms with E-state index < -0.39 is 0 Å². The number of benzene rings is 2. The third-order valence-corrected chi connectivity index (χ3v) is 5.26. The maximum atomic E-state index is 12.5. The van der Waals surface area contributed by atoms with E-state index in [1.165, 1.54) is 11.8 Å². The lowest BCUT2D eigenvalue weighted by atomic mass is 9.92. The van der Waals surface area contributed by atoms with Crippen molar-refractivity contribution in [3.63, 3.8) is 0 Å². The number of nitrogens with zero attached hydrogens (tertiary/aromatic N) is 1. The molecule has 1 aliphatic carbocycles. The highest BCUT2D eigenvalue weighted by Crippen LogP contribution is 2.36. The Morgan fingerprint density at radius 2 is 1.85 bits per heavy atom. The average molecular weight is 378 g/mol. The van der Waals surface area contributed by atoms with Gasteiger partial charge in [0.15, 0.2) is 0 Å². The Labute approximate surface area is 163 Å². The fourth-order valence-corrected chi connectivity index (χ4v) is 3.78. The summed E-state index contributed by atoms with van der Waals surface area (Å²) in [4.78, 5) is 15.9. The molecule has 27 heavy (non-hydrogen) atoms. The van der Waals surface area contributed by atoms with Crippen molar-refractivity contribution < 1.29 is 15.2 Å². The minimum atomic E-state index is -0.235. The molecule has 0 amide bonds. The lowest BCUT2D eigenvalue weighted by molar-refractivity contribution is -0.570. The van der Waals surface area contributed by atoms with Crippen LogP contribution in [0.4, 0.5) is 11.4 Å². The van der Waals surface area contributed by atoms with E-state index in [1.807, 2.05) is 54.6 Å². The molecule has 2 N–H and O–H groups in total. The molecular formula is C22H22N2O2S. The summed E-state index contributed by atoms with van der Waals surface area (Å²) in [6.07, 6.45) is 1.60. The fourth-order valence-electron chi connectivity index (χ4n) is 2.91. The summed E-state index contributed by atoms with van der Waals surface area (Å²) < 4.78 is 0. The highest BCUT2D eigenvalue weighted by atomic mass is 32.2. The zero-order chi connectivity index (χ0) is 19.4. The van der Waals surface area contributed by atoms with Crippen LogP contribution in [0.2, 0.25) is 0 Å². The number of rotatable bonds is 7. The molecule has 2 aromatic carbocycles. The minimum absolute atomic E-state index is 0.197. The first-order chi connectivity index (χ1) is 13.0. The van der Waals surface area contributed by atoms with Crippen molar-refractivity contribution >= 4 is 28.9 Å². The number of hydrogen-bond acceptors (Lipinski definition) is 4. The van der Waals surface area contributed by atoms with Crippen LogP contribution < -0.4 is 15.3 Å². The van der Waals surface area contributed by atoms with Crippen LogP contribution in [-0.4, -0.2) is 19.4 Å². The lowest BCUT2D eigenvalue weighted by Gasteiger charge is -2.36. The number of nitrogens with two attached hydrogens (primary N) is 1. The zero-order valence-electron chi connectivity index (χ0n) is 15.4. The Hall–Kier alpha value is -2.76. The van der Waals surface area contributed by atoms with Crippen LogP contribution in [0, 0.1) is 0 Å². The maximum absolute atomic E-state index is 12.5. The van der Waals surface area contributed by atoms with Gasteiger partial charge < -0.3 is 15.3 Å². The van der Waals surface area contributed by atoms with E-state index in [4.69, 9.17) is 0 Å². The highest BCUT2D eigenvalue weighted by molar-refractivity contribution is 8.03. The van der Waals surface area contributed by atoms with E-state index in [9.17, 15) is 9.90 Å². The number of carbonyl (C=O) groups excluding carboxylic acids is 1. The molecule has 0 fully saturated rings. The second kappa shape index (κ2) is 8.29. The van der Waals surface area contributed by atoms with Crippen LogP contribution >= 0.6 is 11.8 Å². The molecule has 0 radical (unpaired) electrons. The molecule has 0 heterocycles. The number of ketones is 1. The molecule has 0 atom stereocenters. The average Bonchev–Trinajstić information content (AvgIpc) is 2.68. The van der Waals surface area contributed by atoms with Gasteiger partial charge in [-0.1, -0.05) is 54.4 Å². The third kappa shape index (κ3) is 3.99. The Balaban J connectivity index is 1.78. The molecule has 3 rings (SSSR count). The summed E-state index contributed by atoms with van der Waals surface area (Å²) in [5.41, 5.74) is 2.34. The van der Waals surface area contributed by atoms with Gasteiger partial charge in [0.1, 0.15) is 5.69 Å². The molecule has 0 saturated carbocycles. The largest absolute Gasteiger partial charge is 0.870 e. The number of anilines is 1. The van der Waals surface area contributed by atoms with Crippen LogP contribution in [0.25, 0.3) is 0 Å². The van der Waals surface area contributed by atoms with Crippen LogP contribution in [0.3, 0.4) is 0 Å². The Morgan fingerprint density at radius 3 is 2.52 bits per heavy atom. The van der Waals surface area contributed by atoms with Crippen LogP contribution in [0.1, 0.15) is 6.92 Å². The van der Waals surface area contributed by atoms with Gasteiger partial charge in [0.25, 0.3) is 0 Å². The summed E-state index contributed by atoms with van der Waals surface area (Å²) in [6, 6.07) is 17.4. The second-order valence-corrected chi connectivity index (χ2v) is 7.35. The SMILES string of the molecule is C=C(/C=C1/C(=O)C(N(C)c2ccccc2)=C1[O-])Sc1ccccc1[NH2+]CC. The predicted molar refractivity (Wildman–Crippen MR) is 109 cm³/mol. The highest BCUT2D eigenvalue weighted by Gasteiger charge is 2.30. The standard InChI is InChI=1S/C22H22N2O2S/c1-4-23-18-12-8-9-13-19(18)27-15(2)14-17-21(25)20(22(17)26)24(3)16-10-6-5-7-11-16/h5-14,23,25H,2,4H2,1,3H3/b17-14+. The summed E-state index contributed by atoms with van der Waals surface area (Å²) in [5, 5.41) is 14.7. The van der Waals surface area contributed by atoms with E-state index >= 15 is 0 Å². The summed E-state index contributed by atoms with van der Waals surface area (Å²) in [7, 11) is 1.73. The van der Waals surface area contributed by atoms with Crippen molar-refractivity contribution in [2.75, 3.05) is 18.5 Å². The molecule has 4 nitrogen and oxygen atoms in total. The van der Waals surface area contributed by atoms with Gasteiger partial charge in [-0.25, -0.2) is 0 Å². The van der Waals surface area contributed by atoms with Crippen LogP contribution in [0.5, 0.6) is 0 Å². The molecule has 1 aliphatic rings. The van der Waals surface area contributed by atoms with Crippen molar-refractivity contribution in [3.8, 4) is 0 Å². The zero-order valence-corrected chi connectivity index (χ0v) is 16.3. The number of likely N-dealkylation sites (N-methyl/N-ethyl adjacent to an activating group) is 1. The number of quaternary nitrogens is 1. The number of Topliss-reactive ketones (excluding diaryl/α,β-unsaturated/α-hetero) is 1. The van der Waals surface area contributed by atoms with Crippen molar-refractivity contribution in [1.29, 1.82) is 0 Å². The Bertz CT molecular complexity index is 932. The quantitative estimate of drug-likeness (QED) is 0.457. The number of thioether (sulfide) groups is 1. The monoisotopic (exact) mass is 378 g/mol. The number of hydrogen-bond donors (Lipinski definition) is 1. The first kappa shape index (κ1) is 19.0. The van der Waals surface area contributed by atoms with Gasteiger partial charge in [-0.05, 0) is 31.2 Å². The summed E-state index contributed by atoms with van der Waals surface area (Å²) in [6.45, 7) is 7.04.